The first kappa shape index (κ1) is 21.4. The van der Waals surface area contributed by atoms with Crippen molar-refractivity contribution < 1.29 is 13.6 Å². The Morgan fingerprint density at radius 1 is 1.31 bits per heavy atom. The van der Waals surface area contributed by atoms with Crippen LogP contribution in [0.4, 0.5) is 20.3 Å². The van der Waals surface area contributed by atoms with Gasteiger partial charge in [-0.1, -0.05) is 32.4 Å². The minimum Gasteiger partial charge on any atom is -0.364 e. The van der Waals surface area contributed by atoms with E-state index in [1.807, 2.05) is 25.7 Å². The summed E-state index contributed by atoms with van der Waals surface area (Å²) in [4.78, 5) is 26.7. The normalized spacial score (nSPS) is 14.1. The van der Waals surface area contributed by atoms with Crippen molar-refractivity contribution in [3.8, 4) is 0 Å². The van der Waals surface area contributed by atoms with Crippen molar-refractivity contribution in [3.05, 3.63) is 40.6 Å². The maximum absolute atomic E-state index is 12.7. The van der Waals surface area contributed by atoms with Gasteiger partial charge in [-0.2, -0.15) is 0 Å². The molecule has 0 saturated carbocycles. The smallest absolute Gasteiger partial charge is 0.281 e. The van der Waals surface area contributed by atoms with Crippen molar-refractivity contribution in [2.45, 2.75) is 53.0 Å². The first-order valence-corrected chi connectivity index (χ1v) is 9.83. The molecule has 156 valence electrons. The molecule has 1 aliphatic rings. The zero-order valence-corrected chi connectivity index (χ0v) is 17.4. The third-order valence-corrected chi connectivity index (χ3v) is 4.75. The number of carbonyl (C=O) groups is 1. The summed E-state index contributed by atoms with van der Waals surface area (Å²) >= 11 is 6.39. The average molecular weight is 424 g/mol. The molecule has 0 spiro atoms. The first-order valence-electron chi connectivity index (χ1n) is 9.45. The highest BCUT2D eigenvalue weighted by Gasteiger charge is 2.23. The number of aromatic nitrogens is 3. The summed E-state index contributed by atoms with van der Waals surface area (Å²) < 4.78 is 25.3. The van der Waals surface area contributed by atoms with Crippen LogP contribution in [0.2, 0.25) is 5.02 Å². The lowest BCUT2D eigenvalue weighted by Crippen LogP contribution is -2.30. The van der Waals surface area contributed by atoms with E-state index in [1.165, 1.54) is 6.20 Å². The van der Waals surface area contributed by atoms with Crippen molar-refractivity contribution in [2.75, 3.05) is 16.8 Å². The van der Waals surface area contributed by atoms with Crippen molar-refractivity contribution in [3.63, 3.8) is 0 Å². The van der Waals surface area contributed by atoms with E-state index in [0.29, 0.717) is 29.5 Å². The molecular formula is C20H24ClF2N5O. The second-order valence-corrected chi connectivity index (χ2v) is 8.74. The van der Waals surface area contributed by atoms with Gasteiger partial charge in [0.25, 0.3) is 6.43 Å². The van der Waals surface area contributed by atoms with Crippen molar-refractivity contribution in [1.82, 2.24) is 15.0 Å². The number of halogens is 3. The molecule has 0 aromatic carbocycles. The summed E-state index contributed by atoms with van der Waals surface area (Å²) in [6.07, 6.45) is 1.83. The highest BCUT2D eigenvalue weighted by atomic mass is 35.5. The lowest BCUT2D eigenvalue weighted by Gasteiger charge is -2.31. The van der Waals surface area contributed by atoms with Crippen LogP contribution in [0.3, 0.4) is 0 Å². The number of nitrogens with one attached hydrogen (secondary N) is 1. The molecule has 0 bridgehead atoms. The SMILES string of the molecule is CC(C)(C)CC(=O)Nc1nc2c(cc1Cl)N(Cc1cnc(C(F)F)cn1)CCC2. The largest absolute Gasteiger partial charge is 0.364 e. The highest BCUT2D eigenvalue weighted by molar-refractivity contribution is 6.33. The lowest BCUT2D eigenvalue weighted by atomic mass is 9.92. The Hall–Kier alpha value is -2.35. The Morgan fingerprint density at radius 2 is 2.07 bits per heavy atom. The van der Waals surface area contributed by atoms with Crippen molar-refractivity contribution in [1.29, 1.82) is 0 Å². The first-order chi connectivity index (χ1) is 13.6. The van der Waals surface area contributed by atoms with Gasteiger partial charge in [0.1, 0.15) is 5.69 Å². The number of anilines is 2. The summed E-state index contributed by atoms with van der Waals surface area (Å²) in [5, 5.41) is 3.16. The summed E-state index contributed by atoms with van der Waals surface area (Å²) in [5.41, 5.74) is 1.80. The molecule has 0 aliphatic carbocycles. The molecule has 2 aromatic rings. The molecular weight excluding hydrogens is 400 g/mol. The Labute approximate surface area is 173 Å². The van der Waals surface area contributed by atoms with E-state index in [-0.39, 0.29) is 17.0 Å². The van der Waals surface area contributed by atoms with Crippen molar-refractivity contribution in [2.24, 2.45) is 5.41 Å². The molecule has 9 heteroatoms. The van der Waals surface area contributed by atoms with Crippen LogP contribution in [0.1, 0.15) is 57.1 Å². The molecule has 0 unspecified atom stereocenters. The standard InChI is InChI=1S/C20H24ClF2N5O/c1-20(2,3)8-17(29)27-19-13(21)7-16-14(26-19)5-4-6-28(16)11-12-9-25-15(10-24-12)18(22)23/h7,9-10,18H,4-6,8,11H2,1-3H3,(H,26,27,29). The number of alkyl halides is 2. The van der Waals surface area contributed by atoms with Gasteiger partial charge < -0.3 is 10.2 Å². The maximum Gasteiger partial charge on any atom is 0.281 e. The van der Waals surface area contributed by atoms with Gasteiger partial charge in [-0.3, -0.25) is 14.8 Å². The highest BCUT2D eigenvalue weighted by Crippen LogP contribution is 2.33. The van der Waals surface area contributed by atoms with Gasteiger partial charge in [0.2, 0.25) is 5.91 Å². The molecule has 2 aromatic heterocycles. The van der Waals surface area contributed by atoms with Gasteiger partial charge in [-0.25, -0.2) is 13.8 Å². The number of carbonyl (C=O) groups excluding carboxylic acids is 1. The molecule has 1 amide bonds. The quantitative estimate of drug-likeness (QED) is 0.748. The van der Waals surface area contributed by atoms with E-state index in [1.54, 1.807) is 6.07 Å². The summed E-state index contributed by atoms with van der Waals surface area (Å²) in [5.74, 6) is 0.233. The lowest BCUT2D eigenvalue weighted by molar-refractivity contribution is -0.117. The van der Waals surface area contributed by atoms with Crippen molar-refractivity contribution >= 4 is 29.0 Å². The van der Waals surface area contributed by atoms with Crippen LogP contribution in [-0.4, -0.2) is 27.4 Å². The van der Waals surface area contributed by atoms with Crippen LogP contribution < -0.4 is 10.2 Å². The van der Waals surface area contributed by atoms with Gasteiger partial charge in [-0.05, 0) is 24.3 Å². The molecule has 0 radical (unpaired) electrons. The Kier molecular flexibility index (Phi) is 6.31. The van der Waals surface area contributed by atoms with E-state index in [0.717, 1.165) is 37.0 Å². The van der Waals surface area contributed by atoms with Gasteiger partial charge in [0, 0.05) is 13.0 Å². The molecule has 3 heterocycles. The number of aryl methyl sites for hydroxylation is 1. The molecule has 0 saturated heterocycles. The predicted molar refractivity (Wildman–Crippen MR) is 108 cm³/mol. The maximum atomic E-state index is 12.7. The number of hydrogen-bond donors (Lipinski definition) is 1. The third kappa shape index (κ3) is 5.59. The fraction of sp³-hybridized carbons (Fsp3) is 0.500. The van der Waals surface area contributed by atoms with E-state index in [4.69, 9.17) is 11.6 Å². The topological polar surface area (TPSA) is 71.0 Å². The molecule has 29 heavy (non-hydrogen) atoms. The van der Waals surface area contributed by atoms with E-state index in [9.17, 15) is 13.6 Å². The Morgan fingerprint density at radius 3 is 2.69 bits per heavy atom. The second-order valence-electron chi connectivity index (χ2n) is 8.33. The third-order valence-electron chi connectivity index (χ3n) is 4.46. The molecule has 1 aliphatic heterocycles. The minimum absolute atomic E-state index is 0.131. The van der Waals surface area contributed by atoms with Crippen LogP contribution in [0.25, 0.3) is 0 Å². The fourth-order valence-corrected chi connectivity index (χ4v) is 3.39. The predicted octanol–water partition coefficient (Wildman–Crippen LogP) is 4.79. The number of amides is 1. The van der Waals surface area contributed by atoms with E-state index in [2.05, 4.69) is 20.3 Å². The van der Waals surface area contributed by atoms with E-state index >= 15 is 0 Å². The van der Waals surface area contributed by atoms with Crippen LogP contribution in [0, 0.1) is 5.41 Å². The van der Waals surface area contributed by atoms with Gasteiger partial charge in [-0.15, -0.1) is 0 Å². The summed E-state index contributed by atoms with van der Waals surface area (Å²) in [6.45, 7) is 7.14. The number of nitrogens with zero attached hydrogens (tertiary/aromatic N) is 4. The Bertz CT molecular complexity index is 884. The van der Waals surface area contributed by atoms with Crippen LogP contribution in [0.5, 0.6) is 0 Å². The van der Waals surface area contributed by atoms with Crippen LogP contribution in [-0.2, 0) is 17.8 Å². The monoisotopic (exact) mass is 423 g/mol. The number of rotatable bonds is 5. The molecule has 0 fully saturated rings. The van der Waals surface area contributed by atoms with Gasteiger partial charge in [0.15, 0.2) is 5.82 Å². The molecule has 0 atom stereocenters. The molecule has 6 nitrogen and oxygen atoms in total. The Balaban J connectivity index is 1.77. The second kappa shape index (κ2) is 8.57. The summed E-state index contributed by atoms with van der Waals surface area (Å²) in [7, 11) is 0. The van der Waals surface area contributed by atoms with Gasteiger partial charge >= 0.3 is 0 Å². The summed E-state index contributed by atoms with van der Waals surface area (Å²) in [6, 6.07) is 1.79. The molecule has 1 N–H and O–H groups in total. The van der Waals surface area contributed by atoms with Crippen LogP contribution >= 0.6 is 11.6 Å². The van der Waals surface area contributed by atoms with E-state index < -0.39 is 6.43 Å². The molecule has 3 rings (SSSR count). The van der Waals surface area contributed by atoms with Crippen LogP contribution in [0.15, 0.2) is 18.5 Å². The fourth-order valence-electron chi connectivity index (χ4n) is 3.20. The van der Waals surface area contributed by atoms with Gasteiger partial charge in [0.05, 0.1) is 41.0 Å². The number of pyridine rings is 1. The zero-order valence-electron chi connectivity index (χ0n) is 16.7. The zero-order chi connectivity index (χ0) is 21.2. The minimum atomic E-state index is -2.64. The number of fused-ring (bicyclic) bond motifs is 1. The number of hydrogen-bond acceptors (Lipinski definition) is 5. The average Bonchev–Trinajstić information content (AvgIpc) is 2.62.